The van der Waals surface area contributed by atoms with E-state index in [4.69, 9.17) is 4.74 Å². The lowest BCUT2D eigenvalue weighted by molar-refractivity contribution is 0.415. The van der Waals surface area contributed by atoms with E-state index in [9.17, 15) is 0 Å². The van der Waals surface area contributed by atoms with E-state index in [1.165, 1.54) is 19.3 Å². The minimum atomic E-state index is 0.862. The van der Waals surface area contributed by atoms with Crippen LogP contribution in [-0.4, -0.2) is 31.7 Å². The van der Waals surface area contributed by atoms with Crippen LogP contribution in [-0.2, 0) is 0 Å². The van der Waals surface area contributed by atoms with Crippen LogP contribution >= 0.6 is 0 Å². The van der Waals surface area contributed by atoms with Gasteiger partial charge in [0.25, 0.3) is 0 Å². The van der Waals surface area contributed by atoms with Gasteiger partial charge in [0.1, 0.15) is 5.75 Å². The fourth-order valence-corrected chi connectivity index (χ4v) is 2.57. The molecule has 0 aliphatic carbocycles. The van der Waals surface area contributed by atoms with Crippen molar-refractivity contribution in [3.8, 4) is 5.75 Å². The van der Waals surface area contributed by atoms with Crippen LogP contribution in [0.4, 0.5) is 5.69 Å². The van der Waals surface area contributed by atoms with Gasteiger partial charge in [-0.05, 0) is 31.5 Å². The number of hydrogen-bond acceptors (Lipinski definition) is 4. The quantitative estimate of drug-likeness (QED) is 0.486. The summed E-state index contributed by atoms with van der Waals surface area (Å²) < 4.78 is 5.37. The molecule has 2 aromatic rings. The maximum Gasteiger partial charge on any atom is 0.121 e. The van der Waals surface area contributed by atoms with Crippen molar-refractivity contribution in [1.82, 2.24) is 10.3 Å². The zero-order valence-corrected chi connectivity index (χ0v) is 14.0. The summed E-state index contributed by atoms with van der Waals surface area (Å²) in [6, 6.07) is 8.05. The second kappa shape index (κ2) is 9.85. The molecule has 4 nitrogen and oxygen atoms in total. The first-order valence-corrected chi connectivity index (χ1v) is 8.33. The minimum absolute atomic E-state index is 0.862. The van der Waals surface area contributed by atoms with Crippen molar-refractivity contribution in [3.63, 3.8) is 0 Å². The Morgan fingerprint density at radius 1 is 1.17 bits per heavy atom. The van der Waals surface area contributed by atoms with Crippen LogP contribution in [0, 0.1) is 0 Å². The Kier molecular flexibility index (Phi) is 7.40. The minimum Gasteiger partial charge on any atom is -0.497 e. The number of pyridine rings is 1. The first-order chi connectivity index (χ1) is 11.3. The number of anilines is 1. The summed E-state index contributed by atoms with van der Waals surface area (Å²) in [6.45, 7) is 6.63. The number of nitrogens with one attached hydrogen (secondary N) is 2. The highest BCUT2D eigenvalue weighted by atomic mass is 16.5. The Morgan fingerprint density at radius 2 is 2.00 bits per heavy atom. The SMILES string of the molecule is C=CCNCCCCCCNc1cc(OC)cc2cccnc12. The Labute approximate surface area is 139 Å². The fourth-order valence-electron chi connectivity index (χ4n) is 2.57. The van der Waals surface area contributed by atoms with Crippen LogP contribution in [0.15, 0.2) is 43.1 Å². The van der Waals surface area contributed by atoms with Crippen LogP contribution in [0.25, 0.3) is 10.9 Å². The van der Waals surface area contributed by atoms with Crippen LogP contribution in [0.1, 0.15) is 25.7 Å². The molecule has 1 heterocycles. The van der Waals surface area contributed by atoms with Crippen molar-refractivity contribution in [1.29, 1.82) is 0 Å². The van der Waals surface area contributed by atoms with Gasteiger partial charge in [-0.3, -0.25) is 4.98 Å². The van der Waals surface area contributed by atoms with Crippen LogP contribution in [0.3, 0.4) is 0 Å². The van der Waals surface area contributed by atoms with E-state index in [0.29, 0.717) is 0 Å². The Bertz CT molecular complexity index is 613. The normalized spacial score (nSPS) is 10.7. The van der Waals surface area contributed by atoms with Gasteiger partial charge in [-0.15, -0.1) is 6.58 Å². The molecule has 4 heteroatoms. The Hall–Kier alpha value is -2.07. The second-order valence-corrected chi connectivity index (χ2v) is 5.58. The molecule has 23 heavy (non-hydrogen) atoms. The van der Waals surface area contributed by atoms with Crippen molar-refractivity contribution < 1.29 is 4.74 Å². The average molecular weight is 313 g/mol. The maximum atomic E-state index is 5.37. The predicted octanol–water partition coefficient (Wildman–Crippen LogP) is 3.99. The lowest BCUT2D eigenvalue weighted by Crippen LogP contribution is -2.14. The molecular formula is C19H27N3O. The molecule has 1 aromatic carbocycles. The van der Waals surface area contributed by atoms with Gasteiger partial charge in [0.15, 0.2) is 0 Å². The molecule has 1 aromatic heterocycles. The first-order valence-electron chi connectivity index (χ1n) is 8.33. The summed E-state index contributed by atoms with van der Waals surface area (Å²) in [5.74, 6) is 0.862. The topological polar surface area (TPSA) is 46.2 Å². The van der Waals surface area contributed by atoms with Gasteiger partial charge in [-0.25, -0.2) is 0 Å². The summed E-state index contributed by atoms with van der Waals surface area (Å²) in [7, 11) is 1.70. The Morgan fingerprint density at radius 3 is 2.78 bits per heavy atom. The number of unbranched alkanes of at least 4 members (excludes halogenated alkanes) is 3. The molecule has 0 saturated heterocycles. The van der Waals surface area contributed by atoms with Gasteiger partial charge >= 0.3 is 0 Å². The maximum absolute atomic E-state index is 5.37. The molecule has 0 aliphatic rings. The Balaban J connectivity index is 1.77. The molecule has 0 aliphatic heterocycles. The zero-order valence-electron chi connectivity index (χ0n) is 14.0. The van der Waals surface area contributed by atoms with Crippen LogP contribution in [0.2, 0.25) is 0 Å². The highest BCUT2D eigenvalue weighted by molar-refractivity contribution is 5.91. The zero-order chi connectivity index (χ0) is 16.3. The van der Waals surface area contributed by atoms with Crippen molar-refractivity contribution in [2.24, 2.45) is 0 Å². The van der Waals surface area contributed by atoms with E-state index < -0.39 is 0 Å². The number of methoxy groups -OCH3 is 1. The summed E-state index contributed by atoms with van der Waals surface area (Å²) in [5, 5.41) is 7.93. The number of nitrogens with zero attached hydrogens (tertiary/aromatic N) is 1. The van der Waals surface area contributed by atoms with E-state index in [1.807, 2.05) is 30.5 Å². The highest BCUT2D eigenvalue weighted by Gasteiger charge is 2.05. The molecular weight excluding hydrogens is 286 g/mol. The molecule has 0 unspecified atom stereocenters. The number of benzene rings is 1. The smallest absolute Gasteiger partial charge is 0.121 e. The third-order valence-corrected chi connectivity index (χ3v) is 3.80. The lowest BCUT2D eigenvalue weighted by Gasteiger charge is -2.11. The largest absolute Gasteiger partial charge is 0.497 e. The number of aromatic nitrogens is 1. The molecule has 0 spiro atoms. The van der Waals surface area contributed by atoms with Crippen LogP contribution < -0.4 is 15.4 Å². The highest BCUT2D eigenvalue weighted by Crippen LogP contribution is 2.27. The molecule has 0 saturated carbocycles. The van der Waals surface area contributed by atoms with Gasteiger partial charge in [0.2, 0.25) is 0 Å². The number of rotatable bonds is 11. The monoisotopic (exact) mass is 313 g/mol. The predicted molar refractivity (Wildman–Crippen MR) is 98.3 cm³/mol. The third kappa shape index (κ3) is 5.57. The average Bonchev–Trinajstić information content (AvgIpc) is 2.60. The standard InChI is InChI=1S/C19H27N3O/c1-3-10-20-11-6-4-5-7-12-21-18-15-17(23-2)14-16-9-8-13-22-19(16)18/h3,8-9,13-15,20-21H,1,4-7,10-12H2,2H3. The lowest BCUT2D eigenvalue weighted by atomic mass is 10.1. The van der Waals surface area contributed by atoms with Crippen molar-refractivity contribution >= 4 is 16.6 Å². The summed E-state index contributed by atoms with van der Waals surface area (Å²) in [5.41, 5.74) is 2.05. The summed E-state index contributed by atoms with van der Waals surface area (Å²) >= 11 is 0. The van der Waals surface area contributed by atoms with Gasteiger partial charge in [-0.2, -0.15) is 0 Å². The van der Waals surface area contributed by atoms with E-state index in [2.05, 4.69) is 28.3 Å². The van der Waals surface area contributed by atoms with E-state index in [-0.39, 0.29) is 0 Å². The van der Waals surface area contributed by atoms with Crippen LogP contribution in [0.5, 0.6) is 5.75 Å². The number of ether oxygens (including phenoxy) is 1. The second-order valence-electron chi connectivity index (χ2n) is 5.58. The molecule has 0 amide bonds. The van der Waals surface area contributed by atoms with E-state index >= 15 is 0 Å². The third-order valence-electron chi connectivity index (χ3n) is 3.80. The first kappa shape index (κ1) is 17.3. The molecule has 0 radical (unpaired) electrons. The van der Waals surface area contributed by atoms with Gasteiger partial charge in [-0.1, -0.05) is 25.0 Å². The molecule has 124 valence electrons. The van der Waals surface area contributed by atoms with Crippen molar-refractivity contribution in [3.05, 3.63) is 43.1 Å². The van der Waals surface area contributed by atoms with Crippen molar-refractivity contribution in [2.45, 2.75) is 25.7 Å². The molecule has 0 bridgehead atoms. The number of fused-ring (bicyclic) bond motifs is 1. The number of hydrogen-bond donors (Lipinski definition) is 2. The van der Waals surface area contributed by atoms with Gasteiger partial charge in [0.05, 0.1) is 18.3 Å². The summed E-state index contributed by atoms with van der Waals surface area (Å²) in [4.78, 5) is 4.48. The van der Waals surface area contributed by atoms with E-state index in [0.717, 1.165) is 48.4 Å². The molecule has 0 fully saturated rings. The molecule has 2 N–H and O–H groups in total. The fraction of sp³-hybridized carbons (Fsp3) is 0.421. The van der Waals surface area contributed by atoms with E-state index in [1.54, 1.807) is 7.11 Å². The van der Waals surface area contributed by atoms with Crippen molar-refractivity contribution in [2.75, 3.05) is 32.1 Å². The molecule has 2 rings (SSSR count). The summed E-state index contributed by atoms with van der Waals surface area (Å²) in [6.07, 6.45) is 8.60. The van der Waals surface area contributed by atoms with Gasteiger partial charge < -0.3 is 15.4 Å². The molecule has 0 atom stereocenters. The van der Waals surface area contributed by atoms with Gasteiger partial charge in [0, 0.05) is 30.7 Å².